The minimum Gasteiger partial charge on any atom is -0.481 e. The summed E-state index contributed by atoms with van der Waals surface area (Å²) in [5.74, 6) is -2.24. The van der Waals surface area contributed by atoms with Crippen molar-refractivity contribution < 1.29 is 19.4 Å². The van der Waals surface area contributed by atoms with Gasteiger partial charge in [0, 0.05) is 4.47 Å². The summed E-state index contributed by atoms with van der Waals surface area (Å²) in [5, 5.41) is 8.98. The van der Waals surface area contributed by atoms with E-state index in [2.05, 4.69) is 15.9 Å². The molecule has 5 heteroatoms. The van der Waals surface area contributed by atoms with Crippen LogP contribution < -0.4 is 0 Å². The van der Waals surface area contributed by atoms with Gasteiger partial charge >= 0.3 is 11.9 Å². The van der Waals surface area contributed by atoms with Crippen LogP contribution in [0.15, 0.2) is 28.7 Å². The van der Waals surface area contributed by atoms with Crippen LogP contribution in [0.3, 0.4) is 0 Å². The predicted molar refractivity (Wildman–Crippen MR) is 58.7 cm³/mol. The number of cyclic esters (lactones) is 1. The molecule has 1 aliphatic rings. The average molecular weight is 285 g/mol. The van der Waals surface area contributed by atoms with E-state index in [9.17, 15) is 9.59 Å². The zero-order valence-corrected chi connectivity index (χ0v) is 9.81. The maximum atomic E-state index is 11.1. The number of hydrogen-bond donors (Lipinski definition) is 1. The molecule has 1 aliphatic heterocycles. The Morgan fingerprint density at radius 2 is 2.00 bits per heavy atom. The third-order valence-corrected chi connectivity index (χ3v) is 3.05. The monoisotopic (exact) mass is 284 g/mol. The van der Waals surface area contributed by atoms with Crippen molar-refractivity contribution >= 4 is 27.9 Å². The molecule has 2 rings (SSSR count). The van der Waals surface area contributed by atoms with Crippen LogP contribution in [-0.4, -0.2) is 17.0 Å². The van der Waals surface area contributed by atoms with Gasteiger partial charge in [0.05, 0.1) is 6.42 Å². The minimum absolute atomic E-state index is 0.0595. The maximum Gasteiger partial charge on any atom is 0.311 e. The molecule has 16 heavy (non-hydrogen) atoms. The summed E-state index contributed by atoms with van der Waals surface area (Å²) < 4.78 is 5.92. The Hall–Kier alpha value is -1.36. The lowest BCUT2D eigenvalue weighted by atomic mass is 9.95. The molecule has 0 unspecified atom stereocenters. The van der Waals surface area contributed by atoms with Crippen molar-refractivity contribution in [3.8, 4) is 0 Å². The zero-order chi connectivity index (χ0) is 11.7. The number of esters is 1. The van der Waals surface area contributed by atoms with Gasteiger partial charge in [0.1, 0.15) is 12.0 Å². The first kappa shape index (κ1) is 11.1. The summed E-state index contributed by atoms with van der Waals surface area (Å²) in [6.45, 7) is 0. The van der Waals surface area contributed by atoms with E-state index in [1.54, 1.807) is 24.3 Å². The molecule has 0 aliphatic carbocycles. The van der Waals surface area contributed by atoms with Crippen LogP contribution in [0.4, 0.5) is 0 Å². The molecule has 1 heterocycles. The number of carbonyl (C=O) groups is 2. The van der Waals surface area contributed by atoms with Gasteiger partial charge in [-0.15, -0.1) is 0 Å². The summed E-state index contributed by atoms with van der Waals surface area (Å²) in [6.07, 6.45) is -0.728. The van der Waals surface area contributed by atoms with Gasteiger partial charge in [0.25, 0.3) is 0 Å². The third kappa shape index (κ3) is 2.09. The van der Waals surface area contributed by atoms with Gasteiger partial charge in [-0.25, -0.2) is 0 Å². The molecule has 0 radical (unpaired) electrons. The molecule has 1 saturated heterocycles. The Balaban J connectivity index is 2.28. The van der Waals surface area contributed by atoms with Crippen LogP contribution in [0.5, 0.6) is 0 Å². The lowest BCUT2D eigenvalue weighted by molar-refractivity contribution is -0.144. The largest absolute Gasteiger partial charge is 0.481 e. The number of carbonyl (C=O) groups excluding carboxylic acids is 1. The third-order valence-electron chi connectivity index (χ3n) is 2.53. The second-order valence-electron chi connectivity index (χ2n) is 3.61. The first-order valence-corrected chi connectivity index (χ1v) is 5.55. The number of rotatable bonds is 2. The first-order valence-electron chi connectivity index (χ1n) is 4.75. The number of carboxylic acids is 1. The lowest BCUT2D eigenvalue weighted by Crippen LogP contribution is -2.17. The van der Waals surface area contributed by atoms with Crippen molar-refractivity contribution in [2.45, 2.75) is 12.5 Å². The Bertz CT molecular complexity index is 426. The van der Waals surface area contributed by atoms with E-state index in [0.717, 1.165) is 4.47 Å². The molecule has 2 atom stereocenters. The number of carboxylic acid groups (broad SMARTS) is 1. The summed E-state index contributed by atoms with van der Waals surface area (Å²) >= 11 is 3.29. The Morgan fingerprint density at radius 1 is 1.38 bits per heavy atom. The second kappa shape index (κ2) is 4.25. The van der Waals surface area contributed by atoms with Gasteiger partial charge in [-0.05, 0) is 17.7 Å². The van der Waals surface area contributed by atoms with Crippen LogP contribution in [0.2, 0.25) is 0 Å². The number of benzene rings is 1. The highest BCUT2D eigenvalue weighted by atomic mass is 79.9. The van der Waals surface area contributed by atoms with Gasteiger partial charge in [-0.2, -0.15) is 0 Å². The molecule has 1 fully saturated rings. The highest BCUT2D eigenvalue weighted by Gasteiger charge is 2.40. The van der Waals surface area contributed by atoms with E-state index in [1.165, 1.54) is 0 Å². The Labute approximate surface area is 100 Å². The minimum atomic E-state index is -1.00. The van der Waals surface area contributed by atoms with Gasteiger partial charge in [-0.3, -0.25) is 9.59 Å². The Kier molecular flexibility index (Phi) is 2.96. The zero-order valence-electron chi connectivity index (χ0n) is 8.22. The highest BCUT2D eigenvalue weighted by molar-refractivity contribution is 9.10. The van der Waals surface area contributed by atoms with Crippen molar-refractivity contribution in [2.24, 2.45) is 5.92 Å². The van der Waals surface area contributed by atoms with Crippen molar-refractivity contribution in [1.82, 2.24) is 0 Å². The van der Waals surface area contributed by atoms with Gasteiger partial charge in [-0.1, -0.05) is 28.1 Å². The average Bonchev–Trinajstić information content (AvgIpc) is 2.61. The standard InChI is InChI=1S/C11H9BrO4/c12-7-3-1-6(2-4-7)10-8(11(14)15)5-9(13)16-10/h1-4,8,10H,5H2,(H,14,15)/t8-,10-/m0/s1. The maximum absolute atomic E-state index is 11.1. The number of halogens is 1. The smallest absolute Gasteiger partial charge is 0.311 e. The fourth-order valence-corrected chi connectivity index (χ4v) is 1.99. The highest BCUT2D eigenvalue weighted by Crippen LogP contribution is 2.35. The normalized spacial score (nSPS) is 24.2. The number of hydrogen-bond acceptors (Lipinski definition) is 3. The first-order chi connectivity index (χ1) is 7.58. The second-order valence-corrected chi connectivity index (χ2v) is 4.53. The predicted octanol–water partition coefficient (Wildman–Crippen LogP) is 2.14. The Morgan fingerprint density at radius 3 is 2.56 bits per heavy atom. The molecule has 1 N–H and O–H groups in total. The molecular weight excluding hydrogens is 276 g/mol. The topological polar surface area (TPSA) is 63.6 Å². The van der Waals surface area contributed by atoms with E-state index < -0.39 is 24.0 Å². The fourth-order valence-electron chi connectivity index (χ4n) is 1.73. The van der Waals surface area contributed by atoms with E-state index in [1.807, 2.05) is 0 Å². The molecular formula is C11H9BrO4. The molecule has 0 aromatic heterocycles. The molecule has 1 aromatic rings. The molecule has 0 saturated carbocycles. The van der Waals surface area contributed by atoms with E-state index in [4.69, 9.17) is 9.84 Å². The van der Waals surface area contributed by atoms with Crippen LogP contribution in [0.25, 0.3) is 0 Å². The number of aliphatic carboxylic acids is 1. The van der Waals surface area contributed by atoms with E-state index >= 15 is 0 Å². The van der Waals surface area contributed by atoms with Crippen molar-refractivity contribution in [1.29, 1.82) is 0 Å². The van der Waals surface area contributed by atoms with Crippen LogP contribution >= 0.6 is 15.9 Å². The molecule has 84 valence electrons. The molecule has 0 spiro atoms. The van der Waals surface area contributed by atoms with Gasteiger partial charge < -0.3 is 9.84 Å². The van der Waals surface area contributed by atoms with Crippen molar-refractivity contribution in [3.05, 3.63) is 34.3 Å². The number of ether oxygens (including phenoxy) is 1. The van der Waals surface area contributed by atoms with Crippen LogP contribution in [-0.2, 0) is 14.3 Å². The van der Waals surface area contributed by atoms with E-state index in [-0.39, 0.29) is 6.42 Å². The SMILES string of the molecule is O=C1C[C@H](C(=O)O)[C@H](c2ccc(Br)cc2)O1. The summed E-state index contributed by atoms with van der Waals surface area (Å²) in [6, 6.07) is 7.09. The summed E-state index contributed by atoms with van der Waals surface area (Å²) in [5.41, 5.74) is 0.710. The summed E-state index contributed by atoms with van der Waals surface area (Å²) in [4.78, 5) is 22.1. The van der Waals surface area contributed by atoms with Gasteiger partial charge in [0.15, 0.2) is 0 Å². The van der Waals surface area contributed by atoms with Gasteiger partial charge in [0.2, 0.25) is 0 Å². The molecule has 0 bridgehead atoms. The fraction of sp³-hybridized carbons (Fsp3) is 0.273. The molecule has 0 amide bonds. The van der Waals surface area contributed by atoms with Crippen LogP contribution in [0, 0.1) is 5.92 Å². The molecule has 1 aromatic carbocycles. The summed E-state index contributed by atoms with van der Waals surface area (Å²) in [7, 11) is 0. The molecule has 4 nitrogen and oxygen atoms in total. The van der Waals surface area contributed by atoms with E-state index in [0.29, 0.717) is 5.56 Å². The van der Waals surface area contributed by atoms with Crippen molar-refractivity contribution in [3.63, 3.8) is 0 Å². The van der Waals surface area contributed by atoms with Crippen molar-refractivity contribution in [2.75, 3.05) is 0 Å². The van der Waals surface area contributed by atoms with Crippen LogP contribution in [0.1, 0.15) is 18.1 Å². The quantitative estimate of drug-likeness (QED) is 0.845. The lowest BCUT2D eigenvalue weighted by Gasteiger charge is -2.14.